The number of aryl methyl sites for hydroxylation is 2. The van der Waals surface area contributed by atoms with Crippen molar-refractivity contribution in [1.29, 1.82) is 0 Å². The quantitative estimate of drug-likeness (QED) is 0.852. The molecule has 0 aliphatic rings. The lowest BCUT2D eigenvalue weighted by molar-refractivity contribution is 0.922. The summed E-state index contributed by atoms with van der Waals surface area (Å²) >= 11 is 0. The molecule has 0 saturated heterocycles. The molecule has 0 fully saturated rings. The highest BCUT2D eigenvalue weighted by atomic mass is 14.9. The van der Waals surface area contributed by atoms with Crippen molar-refractivity contribution in [2.75, 3.05) is 11.9 Å². The van der Waals surface area contributed by atoms with Crippen molar-refractivity contribution in [3.63, 3.8) is 0 Å². The summed E-state index contributed by atoms with van der Waals surface area (Å²) in [6, 6.07) is 6.55. The molecule has 0 unspecified atom stereocenters. The highest BCUT2D eigenvalue weighted by molar-refractivity contribution is 5.95. The smallest absolute Gasteiger partial charge is 0.0758 e. The largest absolute Gasteiger partial charge is 0.385 e. The number of hydrogen-bond donors (Lipinski definition) is 1. The monoisotopic (exact) mass is 256 g/mol. The zero-order valence-electron chi connectivity index (χ0n) is 12.5. The van der Waals surface area contributed by atoms with Gasteiger partial charge < -0.3 is 5.32 Å². The van der Waals surface area contributed by atoms with Crippen LogP contribution in [0.3, 0.4) is 0 Å². The molecule has 0 amide bonds. The minimum atomic E-state index is 0.946. The van der Waals surface area contributed by atoms with Gasteiger partial charge in [-0.3, -0.25) is 4.98 Å². The molecule has 2 aromatic rings. The van der Waals surface area contributed by atoms with Crippen molar-refractivity contribution in [3.8, 4) is 0 Å². The van der Waals surface area contributed by atoms with Crippen LogP contribution in [0.15, 0.2) is 18.2 Å². The molecular formula is C17H24N2. The van der Waals surface area contributed by atoms with E-state index in [1.165, 1.54) is 33.4 Å². The Morgan fingerprint density at radius 3 is 2.58 bits per heavy atom. The summed E-state index contributed by atoms with van der Waals surface area (Å²) in [7, 11) is 0. The fraction of sp³-hybridized carbons (Fsp3) is 0.471. The molecule has 0 radical (unpaired) electrons. The van der Waals surface area contributed by atoms with Crippen LogP contribution >= 0.6 is 0 Å². The number of aromatic nitrogens is 1. The van der Waals surface area contributed by atoms with Crippen molar-refractivity contribution in [1.82, 2.24) is 4.98 Å². The molecule has 19 heavy (non-hydrogen) atoms. The Morgan fingerprint density at radius 1 is 1.16 bits per heavy atom. The van der Waals surface area contributed by atoms with Crippen molar-refractivity contribution in [2.24, 2.45) is 0 Å². The molecule has 2 nitrogen and oxygen atoms in total. The molecule has 0 aliphatic carbocycles. The lowest BCUT2D eigenvalue weighted by Gasteiger charge is -2.16. The molecule has 1 N–H and O–H groups in total. The van der Waals surface area contributed by atoms with Crippen LogP contribution in [0.4, 0.5) is 5.69 Å². The molecule has 0 spiro atoms. The summed E-state index contributed by atoms with van der Waals surface area (Å²) in [6.45, 7) is 9.67. The van der Waals surface area contributed by atoms with Gasteiger partial charge in [-0.2, -0.15) is 0 Å². The fourth-order valence-electron chi connectivity index (χ4n) is 2.71. The molecule has 0 aliphatic heterocycles. The van der Waals surface area contributed by atoms with Gasteiger partial charge in [-0.05, 0) is 37.8 Å². The van der Waals surface area contributed by atoms with Crippen LogP contribution in [0.25, 0.3) is 10.9 Å². The van der Waals surface area contributed by atoms with Gasteiger partial charge in [0.15, 0.2) is 0 Å². The summed E-state index contributed by atoms with van der Waals surface area (Å²) in [5.41, 5.74) is 6.33. The van der Waals surface area contributed by atoms with Gasteiger partial charge in [-0.25, -0.2) is 0 Å². The van der Waals surface area contributed by atoms with Gasteiger partial charge in [0, 0.05) is 23.3 Å². The predicted octanol–water partition coefficient (Wildman–Crippen LogP) is 4.49. The van der Waals surface area contributed by atoms with E-state index < -0.39 is 0 Å². The van der Waals surface area contributed by atoms with E-state index >= 15 is 0 Å². The normalized spacial score (nSPS) is 10.9. The van der Waals surface area contributed by atoms with Crippen molar-refractivity contribution in [2.45, 2.75) is 47.0 Å². The Hall–Kier alpha value is -1.57. The molecule has 1 aromatic heterocycles. The molecule has 1 heterocycles. The Morgan fingerprint density at radius 2 is 1.95 bits per heavy atom. The van der Waals surface area contributed by atoms with Crippen molar-refractivity contribution in [3.05, 3.63) is 35.0 Å². The highest BCUT2D eigenvalue weighted by Crippen LogP contribution is 2.30. The number of hydrogen-bond acceptors (Lipinski definition) is 2. The highest BCUT2D eigenvalue weighted by Gasteiger charge is 2.12. The molecule has 102 valence electrons. The summed E-state index contributed by atoms with van der Waals surface area (Å²) in [5, 5.41) is 4.79. The molecule has 2 rings (SSSR count). The van der Waals surface area contributed by atoms with Gasteiger partial charge in [0.05, 0.1) is 5.52 Å². The van der Waals surface area contributed by atoms with E-state index in [0.29, 0.717) is 0 Å². The van der Waals surface area contributed by atoms with Gasteiger partial charge in [-0.15, -0.1) is 0 Å². The number of anilines is 1. The SMILES string of the molecule is CCCc1cccc2c(NCC)c(C)c(CC)nc12. The van der Waals surface area contributed by atoms with Crippen LogP contribution in [0.2, 0.25) is 0 Å². The topological polar surface area (TPSA) is 24.9 Å². The van der Waals surface area contributed by atoms with E-state index in [1.54, 1.807) is 0 Å². The number of pyridine rings is 1. The maximum atomic E-state index is 4.91. The third-order valence-corrected chi connectivity index (χ3v) is 3.65. The Balaban J connectivity index is 2.74. The third-order valence-electron chi connectivity index (χ3n) is 3.65. The molecule has 0 saturated carbocycles. The minimum Gasteiger partial charge on any atom is -0.385 e. The van der Waals surface area contributed by atoms with Crippen LogP contribution in [-0.2, 0) is 12.8 Å². The zero-order valence-corrected chi connectivity index (χ0v) is 12.5. The van der Waals surface area contributed by atoms with Gasteiger partial charge in [0.1, 0.15) is 0 Å². The molecule has 1 aromatic carbocycles. The number of nitrogens with one attached hydrogen (secondary N) is 1. The number of benzene rings is 1. The predicted molar refractivity (Wildman–Crippen MR) is 84.0 cm³/mol. The average molecular weight is 256 g/mol. The second-order valence-electron chi connectivity index (χ2n) is 5.01. The molecule has 0 bridgehead atoms. The summed E-state index contributed by atoms with van der Waals surface area (Å²) < 4.78 is 0. The Kier molecular flexibility index (Phi) is 4.41. The zero-order chi connectivity index (χ0) is 13.8. The van der Waals surface area contributed by atoms with Crippen LogP contribution < -0.4 is 5.32 Å². The van der Waals surface area contributed by atoms with Gasteiger partial charge in [-0.1, -0.05) is 38.5 Å². The first-order valence-corrected chi connectivity index (χ1v) is 7.37. The Labute approximate surface area is 116 Å². The Bertz CT molecular complexity index is 573. The third kappa shape index (κ3) is 2.58. The van der Waals surface area contributed by atoms with E-state index in [1.807, 2.05) is 0 Å². The summed E-state index contributed by atoms with van der Waals surface area (Å²) in [4.78, 5) is 4.91. The van der Waals surface area contributed by atoms with E-state index in [4.69, 9.17) is 4.98 Å². The minimum absolute atomic E-state index is 0.946. The van der Waals surface area contributed by atoms with E-state index in [2.05, 4.69) is 51.2 Å². The molecule has 0 atom stereocenters. The lowest BCUT2D eigenvalue weighted by atomic mass is 10.0. The van der Waals surface area contributed by atoms with E-state index in [0.717, 1.165) is 25.8 Å². The maximum absolute atomic E-state index is 4.91. The van der Waals surface area contributed by atoms with Crippen molar-refractivity contribution >= 4 is 16.6 Å². The lowest BCUT2D eigenvalue weighted by Crippen LogP contribution is -2.05. The number of nitrogens with zero attached hydrogens (tertiary/aromatic N) is 1. The average Bonchev–Trinajstić information content (AvgIpc) is 2.42. The maximum Gasteiger partial charge on any atom is 0.0758 e. The second kappa shape index (κ2) is 6.05. The van der Waals surface area contributed by atoms with Crippen molar-refractivity contribution < 1.29 is 0 Å². The number of para-hydroxylation sites is 1. The van der Waals surface area contributed by atoms with Crippen LogP contribution in [0, 0.1) is 6.92 Å². The van der Waals surface area contributed by atoms with Crippen LogP contribution in [0.5, 0.6) is 0 Å². The van der Waals surface area contributed by atoms with Crippen LogP contribution in [-0.4, -0.2) is 11.5 Å². The van der Waals surface area contributed by atoms with E-state index in [9.17, 15) is 0 Å². The first-order chi connectivity index (χ1) is 9.22. The summed E-state index contributed by atoms with van der Waals surface area (Å²) in [5.74, 6) is 0. The molecular weight excluding hydrogens is 232 g/mol. The number of rotatable bonds is 5. The molecule has 2 heteroatoms. The number of fused-ring (bicyclic) bond motifs is 1. The van der Waals surface area contributed by atoms with Gasteiger partial charge >= 0.3 is 0 Å². The first-order valence-electron chi connectivity index (χ1n) is 7.37. The van der Waals surface area contributed by atoms with Gasteiger partial charge in [0.2, 0.25) is 0 Å². The first kappa shape index (κ1) is 13.9. The second-order valence-corrected chi connectivity index (χ2v) is 5.01. The van der Waals surface area contributed by atoms with Gasteiger partial charge in [0.25, 0.3) is 0 Å². The van der Waals surface area contributed by atoms with Crippen LogP contribution in [0.1, 0.15) is 44.0 Å². The fourth-order valence-corrected chi connectivity index (χ4v) is 2.71. The summed E-state index contributed by atoms with van der Waals surface area (Å²) in [6.07, 6.45) is 3.25. The van der Waals surface area contributed by atoms with E-state index in [-0.39, 0.29) is 0 Å². The standard InChI is InChI=1S/C17H24N2/c1-5-9-13-10-8-11-14-16(18-7-3)12(4)15(6-2)19-17(13)14/h8,10-11H,5-7,9H2,1-4H3,(H,18,19).